The number of halogens is 1. The molecule has 0 bridgehead atoms. The van der Waals surface area contributed by atoms with Gasteiger partial charge in [0.05, 0.1) is 5.25 Å². The van der Waals surface area contributed by atoms with Crippen molar-refractivity contribution in [3.05, 3.63) is 35.9 Å². The Kier molecular flexibility index (Phi) is 7.16. The van der Waals surface area contributed by atoms with Crippen LogP contribution in [0.15, 0.2) is 29.4 Å². The van der Waals surface area contributed by atoms with Gasteiger partial charge in [0.1, 0.15) is 11.6 Å². The summed E-state index contributed by atoms with van der Waals surface area (Å²) in [6.07, 6.45) is 4.13. The van der Waals surface area contributed by atoms with Crippen molar-refractivity contribution in [2.45, 2.75) is 82.0 Å². The molecule has 1 fully saturated rings. The van der Waals surface area contributed by atoms with Crippen molar-refractivity contribution in [2.75, 3.05) is 0 Å². The molecule has 0 spiro atoms. The van der Waals surface area contributed by atoms with Crippen LogP contribution in [-0.2, 0) is 4.79 Å². The molecule has 2 aromatic rings. The van der Waals surface area contributed by atoms with E-state index < -0.39 is 0 Å². The fourth-order valence-corrected chi connectivity index (χ4v) is 4.50. The summed E-state index contributed by atoms with van der Waals surface area (Å²) < 4.78 is 21.0. The minimum atomic E-state index is -0.368. The predicted molar refractivity (Wildman–Crippen MR) is 112 cm³/mol. The van der Waals surface area contributed by atoms with E-state index in [1.807, 2.05) is 32.3 Å². The number of nitrogens with zero attached hydrogens (tertiary/aromatic N) is 3. The highest BCUT2D eigenvalue weighted by atomic mass is 32.2. The van der Waals surface area contributed by atoms with Gasteiger partial charge in [0, 0.05) is 12.1 Å². The van der Waals surface area contributed by atoms with Crippen molar-refractivity contribution in [2.24, 2.45) is 0 Å². The Morgan fingerprint density at radius 3 is 2.45 bits per heavy atom. The van der Waals surface area contributed by atoms with E-state index in [0.29, 0.717) is 22.8 Å². The maximum absolute atomic E-state index is 13.1. The van der Waals surface area contributed by atoms with Crippen molar-refractivity contribution in [3.8, 4) is 5.75 Å². The Labute approximate surface area is 175 Å². The third kappa shape index (κ3) is 5.50. The molecule has 6 nitrogen and oxygen atoms in total. The molecule has 3 rings (SSSR count). The van der Waals surface area contributed by atoms with Crippen LogP contribution in [0.4, 0.5) is 4.39 Å². The van der Waals surface area contributed by atoms with Crippen molar-refractivity contribution in [1.29, 1.82) is 0 Å². The summed E-state index contributed by atoms with van der Waals surface area (Å²) in [5, 5.41) is 12.2. The van der Waals surface area contributed by atoms with Gasteiger partial charge in [-0.2, -0.15) is 0 Å². The number of carbonyl (C=O) groups is 1. The lowest BCUT2D eigenvalue weighted by molar-refractivity contribution is -0.120. The van der Waals surface area contributed by atoms with Crippen LogP contribution in [0.3, 0.4) is 0 Å². The number of ether oxygens (including phenoxy) is 1. The Balaban J connectivity index is 1.70. The lowest BCUT2D eigenvalue weighted by Crippen LogP contribution is -2.37. The average molecular weight is 421 g/mol. The molecule has 1 saturated carbocycles. The Morgan fingerprint density at radius 1 is 1.17 bits per heavy atom. The van der Waals surface area contributed by atoms with E-state index in [4.69, 9.17) is 4.74 Å². The molecule has 1 aromatic heterocycles. The van der Waals surface area contributed by atoms with E-state index in [1.54, 1.807) is 12.1 Å². The van der Waals surface area contributed by atoms with Crippen LogP contribution in [-0.4, -0.2) is 32.0 Å². The fourth-order valence-electron chi connectivity index (χ4n) is 3.50. The molecule has 0 aliphatic heterocycles. The summed E-state index contributed by atoms with van der Waals surface area (Å²) in [5.41, 5.74) is 0. The number of amides is 1. The molecular weight excluding hydrogens is 391 g/mol. The summed E-state index contributed by atoms with van der Waals surface area (Å²) in [4.78, 5) is 12.5. The van der Waals surface area contributed by atoms with Crippen molar-refractivity contribution in [1.82, 2.24) is 20.1 Å². The quantitative estimate of drug-likeness (QED) is 0.628. The van der Waals surface area contributed by atoms with E-state index in [0.717, 1.165) is 12.8 Å². The van der Waals surface area contributed by atoms with Gasteiger partial charge in [0.2, 0.25) is 5.91 Å². The molecule has 158 valence electrons. The van der Waals surface area contributed by atoms with E-state index >= 15 is 0 Å². The first-order chi connectivity index (χ1) is 13.8. The summed E-state index contributed by atoms with van der Waals surface area (Å²) in [7, 11) is 0. The first kappa shape index (κ1) is 21.6. The lowest BCUT2D eigenvalue weighted by Gasteiger charge is -2.20. The van der Waals surface area contributed by atoms with Crippen molar-refractivity contribution >= 4 is 17.7 Å². The summed E-state index contributed by atoms with van der Waals surface area (Å²) in [6.45, 7) is 7.87. The summed E-state index contributed by atoms with van der Waals surface area (Å²) in [6, 6.07) is 6.31. The minimum Gasteiger partial charge on any atom is -0.483 e. The highest BCUT2D eigenvalue weighted by Crippen LogP contribution is 2.30. The van der Waals surface area contributed by atoms with Gasteiger partial charge >= 0.3 is 0 Å². The zero-order chi connectivity index (χ0) is 21.0. The average Bonchev–Trinajstić information content (AvgIpc) is 3.33. The van der Waals surface area contributed by atoms with Crippen LogP contribution < -0.4 is 10.1 Å². The first-order valence-electron chi connectivity index (χ1n) is 10.2. The van der Waals surface area contributed by atoms with Gasteiger partial charge in [0.25, 0.3) is 0 Å². The van der Waals surface area contributed by atoms with E-state index in [9.17, 15) is 9.18 Å². The molecule has 29 heavy (non-hydrogen) atoms. The summed E-state index contributed by atoms with van der Waals surface area (Å²) in [5.74, 6) is 0.974. The lowest BCUT2D eigenvalue weighted by atomic mass is 10.2. The summed E-state index contributed by atoms with van der Waals surface area (Å²) >= 11 is 1.41. The normalized spacial score (nSPS) is 16.8. The fraction of sp³-hybridized carbons (Fsp3) is 0.571. The molecule has 1 N–H and O–H groups in total. The number of hydrogen-bond donors (Lipinski definition) is 1. The molecule has 8 heteroatoms. The molecule has 1 heterocycles. The van der Waals surface area contributed by atoms with Crippen LogP contribution in [0, 0.1) is 5.82 Å². The molecule has 0 radical (unpaired) electrons. The van der Waals surface area contributed by atoms with Gasteiger partial charge in [-0.3, -0.25) is 4.79 Å². The number of thioether (sulfide) groups is 1. The Hall–Kier alpha value is -2.09. The third-order valence-electron chi connectivity index (χ3n) is 5.05. The zero-order valence-electron chi connectivity index (χ0n) is 17.4. The Bertz CT molecular complexity index is 819. The van der Waals surface area contributed by atoms with Gasteiger partial charge < -0.3 is 14.6 Å². The van der Waals surface area contributed by atoms with E-state index in [1.165, 1.54) is 36.7 Å². The van der Waals surface area contributed by atoms with Crippen molar-refractivity contribution < 1.29 is 13.9 Å². The van der Waals surface area contributed by atoms with Crippen LogP contribution >= 0.6 is 11.8 Å². The number of aromatic nitrogens is 3. The van der Waals surface area contributed by atoms with Crippen molar-refractivity contribution in [3.63, 3.8) is 0 Å². The van der Waals surface area contributed by atoms with Gasteiger partial charge in [-0.25, -0.2) is 4.39 Å². The third-order valence-corrected chi connectivity index (χ3v) is 6.11. The number of nitrogens with one attached hydrogen (secondary N) is 1. The van der Waals surface area contributed by atoms with E-state index in [2.05, 4.69) is 15.5 Å². The highest BCUT2D eigenvalue weighted by molar-refractivity contribution is 8.00. The van der Waals surface area contributed by atoms with Crippen LogP contribution in [0.5, 0.6) is 5.75 Å². The zero-order valence-corrected chi connectivity index (χ0v) is 18.2. The number of hydrogen-bond acceptors (Lipinski definition) is 5. The number of carbonyl (C=O) groups excluding carboxylic acids is 1. The highest BCUT2D eigenvalue weighted by Gasteiger charge is 2.26. The SMILES string of the molecule is CC(Sc1nnc(C(C)Oc2ccc(F)cc2)n1C(C)C)C(=O)NC1CCCC1. The molecule has 1 aliphatic rings. The second-order valence-corrected chi connectivity index (χ2v) is 9.08. The van der Waals surface area contributed by atoms with Gasteiger partial charge in [-0.05, 0) is 64.8 Å². The number of benzene rings is 1. The topological polar surface area (TPSA) is 69.0 Å². The molecule has 2 unspecified atom stereocenters. The molecule has 2 atom stereocenters. The molecule has 1 aliphatic carbocycles. The van der Waals surface area contributed by atoms with Crippen LogP contribution in [0.25, 0.3) is 0 Å². The van der Waals surface area contributed by atoms with Crippen LogP contribution in [0.2, 0.25) is 0 Å². The van der Waals surface area contributed by atoms with Gasteiger partial charge in [-0.1, -0.05) is 24.6 Å². The predicted octanol–water partition coefficient (Wildman–Crippen LogP) is 4.68. The molecule has 0 saturated heterocycles. The molecular formula is C21H29FN4O2S. The largest absolute Gasteiger partial charge is 0.483 e. The van der Waals surface area contributed by atoms with Crippen LogP contribution in [0.1, 0.15) is 71.3 Å². The monoisotopic (exact) mass is 420 g/mol. The van der Waals surface area contributed by atoms with Gasteiger partial charge in [-0.15, -0.1) is 10.2 Å². The second-order valence-electron chi connectivity index (χ2n) is 7.77. The Morgan fingerprint density at radius 2 is 1.83 bits per heavy atom. The minimum absolute atomic E-state index is 0.0392. The maximum Gasteiger partial charge on any atom is 0.233 e. The standard InChI is InChI=1S/C21H29FN4O2S/c1-13(2)26-19(14(3)28-18-11-9-16(22)10-12-18)24-25-21(26)29-15(4)20(27)23-17-7-5-6-8-17/h9-15,17H,5-8H2,1-4H3,(H,23,27). The number of rotatable bonds is 8. The van der Waals surface area contributed by atoms with Gasteiger partial charge in [0.15, 0.2) is 17.1 Å². The smallest absolute Gasteiger partial charge is 0.233 e. The second kappa shape index (κ2) is 9.61. The molecule has 1 amide bonds. The first-order valence-corrected chi connectivity index (χ1v) is 11.1. The van der Waals surface area contributed by atoms with E-state index in [-0.39, 0.29) is 29.1 Å². The molecule has 1 aromatic carbocycles. The maximum atomic E-state index is 13.1.